The lowest BCUT2D eigenvalue weighted by molar-refractivity contribution is 0.585. The summed E-state index contributed by atoms with van der Waals surface area (Å²) < 4.78 is 26.2. The highest BCUT2D eigenvalue weighted by Crippen LogP contribution is 2.22. The summed E-state index contributed by atoms with van der Waals surface area (Å²) >= 11 is 0. The van der Waals surface area contributed by atoms with Crippen molar-refractivity contribution in [2.75, 3.05) is 19.0 Å². The van der Waals surface area contributed by atoms with E-state index < -0.39 is 11.6 Å². The third-order valence-corrected chi connectivity index (χ3v) is 2.28. The van der Waals surface area contributed by atoms with Gasteiger partial charge in [-0.15, -0.1) is 0 Å². The van der Waals surface area contributed by atoms with Crippen LogP contribution >= 0.6 is 0 Å². The van der Waals surface area contributed by atoms with Gasteiger partial charge in [-0.1, -0.05) is 0 Å². The van der Waals surface area contributed by atoms with E-state index in [0.29, 0.717) is 11.5 Å². The van der Waals surface area contributed by atoms with Crippen LogP contribution in [0.3, 0.4) is 0 Å². The molecule has 0 atom stereocenters. The van der Waals surface area contributed by atoms with Crippen LogP contribution in [0.5, 0.6) is 0 Å². The number of halogens is 2. The van der Waals surface area contributed by atoms with E-state index in [2.05, 4.69) is 9.97 Å². The van der Waals surface area contributed by atoms with Gasteiger partial charge in [0.15, 0.2) is 0 Å². The summed E-state index contributed by atoms with van der Waals surface area (Å²) in [6.45, 7) is 0. The highest BCUT2D eigenvalue weighted by Gasteiger charge is 2.07. The van der Waals surface area contributed by atoms with Crippen molar-refractivity contribution in [2.45, 2.75) is 0 Å². The highest BCUT2D eigenvalue weighted by atomic mass is 19.1. The number of hydrogen-bond donors (Lipinski definition) is 0. The van der Waals surface area contributed by atoms with E-state index in [1.54, 1.807) is 4.90 Å². The largest absolute Gasteiger partial charge is 0.347 e. The van der Waals surface area contributed by atoms with Crippen LogP contribution in [0.1, 0.15) is 0 Å². The lowest BCUT2D eigenvalue weighted by atomic mass is 10.1. The van der Waals surface area contributed by atoms with Crippen LogP contribution in [0.25, 0.3) is 11.1 Å². The molecule has 0 bridgehead atoms. The molecule has 5 heteroatoms. The molecule has 17 heavy (non-hydrogen) atoms. The summed E-state index contributed by atoms with van der Waals surface area (Å²) in [7, 11) is 3.63. The maximum Gasteiger partial charge on any atom is 0.224 e. The molecule has 1 aromatic heterocycles. The normalized spacial score (nSPS) is 10.4. The van der Waals surface area contributed by atoms with Crippen molar-refractivity contribution in [1.29, 1.82) is 0 Å². The number of nitrogens with zero attached hydrogens (tertiary/aromatic N) is 3. The average Bonchev–Trinajstić information content (AvgIpc) is 2.29. The lowest BCUT2D eigenvalue weighted by Crippen LogP contribution is -2.12. The molecular formula is C12H11F2N3. The van der Waals surface area contributed by atoms with Gasteiger partial charge in [-0.05, 0) is 12.1 Å². The molecule has 88 valence electrons. The number of aromatic nitrogens is 2. The van der Waals surface area contributed by atoms with Crippen molar-refractivity contribution < 1.29 is 8.78 Å². The van der Waals surface area contributed by atoms with Crippen LogP contribution in [0.4, 0.5) is 14.7 Å². The Bertz CT molecular complexity index is 524. The zero-order valence-electron chi connectivity index (χ0n) is 9.48. The first-order chi connectivity index (χ1) is 8.08. The van der Waals surface area contributed by atoms with Crippen molar-refractivity contribution in [3.63, 3.8) is 0 Å². The van der Waals surface area contributed by atoms with E-state index in [9.17, 15) is 8.78 Å². The van der Waals surface area contributed by atoms with Crippen LogP contribution in [0, 0.1) is 11.6 Å². The predicted octanol–water partition coefficient (Wildman–Crippen LogP) is 2.49. The molecule has 2 rings (SSSR count). The Kier molecular flexibility index (Phi) is 2.99. The molecule has 1 aromatic carbocycles. The van der Waals surface area contributed by atoms with E-state index >= 15 is 0 Å². The van der Waals surface area contributed by atoms with Gasteiger partial charge >= 0.3 is 0 Å². The van der Waals surface area contributed by atoms with Gasteiger partial charge in [-0.2, -0.15) is 0 Å². The number of rotatable bonds is 2. The fraction of sp³-hybridized carbons (Fsp3) is 0.167. The number of hydrogen-bond acceptors (Lipinski definition) is 3. The summed E-state index contributed by atoms with van der Waals surface area (Å²) in [6.07, 6.45) is 3.03. The topological polar surface area (TPSA) is 29.0 Å². The quantitative estimate of drug-likeness (QED) is 0.800. The van der Waals surface area contributed by atoms with E-state index in [1.807, 2.05) is 14.1 Å². The second-order valence-electron chi connectivity index (χ2n) is 3.79. The first kappa shape index (κ1) is 11.4. The minimum Gasteiger partial charge on any atom is -0.347 e. The first-order valence-corrected chi connectivity index (χ1v) is 5.02. The Morgan fingerprint density at radius 1 is 1.06 bits per heavy atom. The Balaban J connectivity index is 2.40. The minimum atomic E-state index is -0.619. The molecule has 1 heterocycles. The summed E-state index contributed by atoms with van der Waals surface area (Å²) in [4.78, 5) is 9.89. The summed E-state index contributed by atoms with van der Waals surface area (Å²) in [5, 5.41) is 0. The van der Waals surface area contributed by atoms with Crippen molar-refractivity contribution in [1.82, 2.24) is 9.97 Å². The Morgan fingerprint density at radius 2 is 1.71 bits per heavy atom. The van der Waals surface area contributed by atoms with Gasteiger partial charge in [-0.25, -0.2) is 18.7 Å². The van der Waals surface area contributed by atoms with E-state index in [-0.39, 0.29) is 5.56 Å². The monoisotopic (exact) mass is 235 g/mol. The lowest BCUT2D eigenvalue weighted by Gasteiger charge is -2.10. The molecule has 0 aliphatic heterocycles. The van der Waals surface area contributed by atoms with Crippen LogP contribution in [0.15, 0.2) is 30.6 Å². The minimum absolute atomic E-state index is 0.289. The SMILES string of the molecule is CN(C)c1ncc(-c2ccc(F)cc2F)cn1. The number of anilines is 1. The van der Waals surface area contributed by atoms with Crippen LogP contribution < -0.4 is 4.90 Å². The third-order valence-electron chi connectivity index (χ3n) is 2.28. The van der Waals surface area contributed by atoms with Gasteiger partial charge in [0.1, 0.15) is 11.6 Å². The van der Waals surface area contributed by atoms with Crippen LogP contribution in [-0.2, 0) is 0 Å². The van der Waals surface area contributed by atoms with Crippen LogP contribution in [-0.4, -0.2) is 24.1 Å². The van der Waals surface area contributed by atoms with Crippen molar-refractivity contribution in [3.05, 3.63) is 42.2 Å². The average molecular weight is 235 g/mol. The van der Waals surface area contributed by atoms with Crippen LogP contribution in [0.2, 0.25) is 0 Å². The molecule has 0 spiro atoms. The first-order valence-electron chi connectivity index (χ1n) is 5.02. The van der Waals surface area contributed by atoms with Gasteiger partial charge in [0.2, 0.25) is 5.95 Å². The molecule has 0 radical (unpaired) electrons. The van der Waals surface area contributed by atoms with Gasteiger partial charge < -0.3 is 4.90 Å². The smallest absolute Gasteiger partial charge is 0.224 e. The van der Waals surface area contributed by atoms with Gasteiger partial charge in [0, 0.05) is 43.7 Å². The molecule has 0 amide bonds. The molecule has 0 saturated carbocycles. The summed E-state index contributed by atoms with van der Waals surface area (Å²) in [5.74, 6) is -0.681. The van der Waals surface area contributed by atoms with Crippen molar-refractivity contribution >= 4 is 5.95 Å². The molecule has 3 nitrogen and oxygen atoms in total. The van der Waals surface area contributed by atoms with Gasteiger partial charge in [-0.3, -0.25) is 0 Å². The van der Waals surface area contributed by atoms with Gasteiger partial charge in [0.05, 0.1) is 0 Å². The third kappa shape index (κ3) is 2.38. The molecule has 0 unspecified atom stereocenters. The Labute approximate surface area is 97.7 Å². The molecule has 0 saturated heterocycles. The summed E-state index contributed by atoms with van der Waals surface area (Å²) in [5.41, 5.74) is 0.810. The molecule has 0 fully saturated rings. The van der Waals surface area contributed by atoms with Crippen molar-refractivity contribution in [3.8, 4) is 11.1 Å². The molecule has 0 aliphatic rings. The van der Waals surface area contributed by atoms with Gasteiger partial charge in [0.25, 0.3) is 0 Å². The van der Waals surface area contributed by atoms with E-state index in [4.69, 9.17) is 0 Å². The molecule has 0 N–H and O–H groups in total. The fourth-order valence-corrected chi connectivity index (χ4v) is 1.41. The highest BCUT2D eigenvalue weighted by molar-refractivity contribution is 5.62. The Morgan fingerprint density at radius 3 is 2.24 bits per heavy atom. The van der Waals surface area contributed by atoms with E-state index in [1.165, 1.54) is 24.5 Å². The molecular weight excluding hydrogens is 224 g/mol. The molecule has 2 aromatic rings. The predicted molar refractivity (Wildman–Crippen MR) is 61.7 cm³/mol. The fourth-order valence-electron chi connectivity index (χ4n) is 1.41. The summed E-state index contributed by atoms with van der Waals surface area (Å²) in [6, 6.07) is 3.42. The zero-order valence-corrected chi connectivity index (χ0v) is 9.48. The molecule has 0 aliphatic carbocycles. The maximum atomic E-state index is 13.5. The Hall–Kier alpha value is -2.04. The zero-order chi connectivity index (χ0) is 12.4. The second-order valence-corrected chi connectivity index (χ2v) is 3.79. The van der Waals surface area contributed by atoms with Crippen molar-refractivity contribution in [2.24, 2.45) is 0 Å². The second kappa shape index (κ2) is 4.45. The van der Waals surface area contributed by atoms with E-state index in [0.717, 1.165) is 6.07 Å². The maximum absolute atomic E-state index is 13.5. The standard InChI is InChI=1S/C12H11F2N3/c1-17(2)12-15-6-8(7-16-12)10-4-3-9(13)5-11(10)14/h3-7H,1-2H3. The number of benzene rings is 1.